The minimum absolute atomic E-state index is 0.0267. The fourth-order valence-corrected chi connectivity index (χ4v) is 4.18. The van der Waals surface area contributed by atoms with Gasteiger partial charge >= 0.3 is 6.18 Å². The summed E-state index contributed by atoms with van der Waals surface area (Å²) in [5.41, 5.74) is 0.583. The van der Waals surface area contributed by atoms with E-state index in [1.807, 2.05) is 0 Å². The average Bonchev–Trinajstić information content (AvgIpc) is 3.25. The Labute approximate surface area is 188 Å². The van der Waals surface area contributed by atoms with Gasteiger partial charge in [0.1, 0.15) is 11.4 Å². The molecule has 9 nitrogen and oxygen atoms in total. The van der Waals surface area contributed by atoms with Crippen LogP contribution in [0.5, 0.6) is 17.2 Å². The van der Waals surface area contributed by atoms with Crippen molar-refractivity contribution in [2.45, 2.75) is 24.7 Å². The lowest BCUT2D eigenvalue weighted by molar-refractivity contribution is -0.173. The number of fused-ring (bicyclic) bond motifs is 1. The van der Waals surface area contributed by atoms with Gasteiger partial charge in [-0.3, -0.25) is 4.79 Å². The van der Waals surface area contributed by atoms with Gasteiger partial charge in [-0.25, -0.2) is 4.68 Å². The lowest BCUT2D eigenvalue weighted by Gasteiger charge is -2.35. The highest BCUT2D eigenvalue weighted by Crippen LogP contribution is 2.47. The van der Waals surface area contributed by atoms with Crippen LogP contribution in [0.15, 0.2) is 18.3 Å². The van der Waals surface area contributed by atoms with Crippen LogP contribution in [0, 0.1) is 0 Å². The molecule has 0 radical (unpaired) electrons. The summed E-state index contributed by atoms with van der Waals surface area (Å²) in [5.74, 6) is 0.610. The second-order valence-corrected chi connectivity index (χ2v) is 7.70. The number of rotatable bonds is 5. The number of amides is 1. The molecule has 12 heteroatoms. The van der Waals surface area contributed by atoms with E-state index in [4.69, 9.17) is 18.9 Å². The van der Waals surface area contributed by atoms with E-state index in [0.717, 1.165) is 4.68 Å². The number of morpholine rings is 1. The van der Waals surface area contributed by atoms with Crippen LogP contribution in [0.25, 0.3) is 0 Å². The molecular weight excluding hydrogens is 445 g/mol. The highest BCUT2D eigenvalue weighted by atomic mass is 19.4. The Bertz CT molecular complexity index is 995. The molecule has 0 unspecified atom stereocenters. The summed E-state index contributed by atoms with van der Waals surface area (Å²) < 4.78 is 64.2. The Hall–Kier alpha value is -3.15. The number of nitrogens with zero attached hydrogens (tertiary/aromatic N) is 3. The maximum atomic E-state index is 14.0. The number of hydrogen-bond donors (Lipinski definition) is 1. The third-order valence-corrected chi connectivity index (χ3v) is 5.86. The molecule has 180 valence electrons. The molecular formula is C21H25F3N4O5. The number of carbonyl (C=O) groups excluding carboxylic acids is 1. The fourth-order valence-electron chi connectivity index (χ4n) is 4.18. The molecule has 2 aliphatic rings. The summed E-state index contributed by atoms with van der Waals surface area (Å²) in [5, 5.41) is 7.02. The predicted molar refractivity (Wildman–Crippen MR) is 111 cm³/mol. The van der Waals surface area contributed by atoms with Gasteiger partial charge in [-0.1, -0.05) is 0 Å². The number of nitrogens with one attached hydrogen (secondary N) is 1. The van der Waals surface area contributed by atoms with Gasteiger partial charge in [-0.15, -0.1) is 0 Å². The summed E-state index contributed by atoms with van der Waals surface area (Å²) in [6, 6.07) is 0.499. The van der Waals surface area contributed by atoms with Gasteiger partial charge in [0, 0.05) is 19.5 Å². The first kappa shape index (κ1) is 23.0. The number of ether oxygens (including phenoxy) is 4. The summed E-state index contributed by atoms with van der Waals surface area (Å²) in [7, 11) is 4.31. The summed E-state index contributed by atoms with van der Waals surface area (Å²) >= 11 is 0. The number of benzene rings is 1. The van der Waals surface area contributed by atoms with Gasteiger partial charge in [0.05, 0.1) is 46.8 Å². The van der Waals surface area contributed by atoms with Gasteiger partial charge in [0.25, 0.3) is 5.91 Å². The largest absolute Gasteiger partial charge is 0.493 e. The molecule has 0 spiro atoms. The van der Waals surface area contributed by atoms with Crippen molar-refractivity contribution >= 4 is 11.7 Å². The third-order valence-electron chi connectivity index (χ3n) is 5.86. The Morgan fingerprint density at radius 2 is 1.76 bits per heavy atom. The number of methoxy groups -OCH3 is 3. The molecule has 2 aliphatic heterocycles. The lowest BCUT2D eigenvalue weighted by Crippen LogP contribution is -2.41. The second-order valence-electron chi connectivity index (χ2n) is 7.70. The van der Waals surface area contributed by atoms with Crippen LogP contribution in [0.4, 0.5) is 19.0 Å². The first-order valence-corrected chi connectivity index (χ1v) is 10.4. The molecule has 3 heterocycles. The first-order valence-electron chi connectivity index (χ1n) is 10.4. The van der Waals surface area contributed by atoms with E-state index < -0.39 is 24.2 Å². The molecule has 2 atom stereocenters. The lowest BCUT2D eigenvalue weighted by atomic mass is 9.95. The summed E-state index contributed by atoms with van der Waals surface area (Å²) in [6.07, 6.45) is -3.71. The van der Waals surface area contributed by atoms with E-state index in [0.29, 0.717) is 49.1 Å². The van der Waals surface area contributed by atoms with Crippen molar-refractivity contribution in [3.05, 3.63) is 29.5 Å². The standard InChI is InChI=1S/C21H25F3N4O5/c1-30-15-8-12(9-16(31-2)18(15)32-3)14-10-17(21(22,23)24)28-19(26-14)13(11-25-28)20(29)27-4-6-33-7-5-27/h8-9,11,14,17,26H,4-7,10H2,1-3H3/t14-,17-/m1/s1. The normalized spacial score (nSPS) is 20.6. The van der Waals surface area contributed by atoms with Crippen LogP contribution in [-0.4, -0.2) is 74.4 Å². The SMILES string of the molecule is COc1cc([C@H]2C[C@H](C(F)(F)F)n3ncc(C(=O)N4CCOCC4)c3N2)cc(OC)c1OC. The smallest absolute Gasteiger partial charge is 0.410 e. The van der Waals surface area contributed by atoms with E-state index in [9.17, 15) is 18.0 Å². The number of carbonyl (C=O) groups is 1. The molecule has 1 fully saturated rings. The number of aromatic nitrogens is 2. The van der Waals surface area contributed by atoms with E-state index >= 15 is 0 Å². The van der Waals surface area contributed by atoms with Crippen molar-refractivity contribution in [3.8, 4) is 17.2 Å². The summed E-state index contributed by atoms with van der Waals surface area (Å²) in [6.45, 7) is 1.48. The van der Waals surface area contributed by atoms with Gasteiger partial charge < -0.3 is 29.2 Å². The Kier molecular flexibility index (Phi) is 6.28. The van der Waals surface area contributed by atoms with Crippen LogP contribution in [0.1, 0.15) is 34.4 Å². The molecule has 1 saturated heterocycles. The average molecular weight is 470 g/mol. The second kappa shape index (κ2) is 9.00. The third kappa shape index (κ3) is 4.26. The zero-order chi connectivity index (χ0) is 23.8. The van der Waals surface area contributed by atoms with Crippen LogP contribution >= 0.6 is 0 Å². The zero-order valence-corrected chi connectivity index (χ0v) is 18.4. The van der Waals surface area contributed by atoms with Gasteiger partial charge in [-0.05, 0) is 17.7 Å². The molecule has 33 heavy (non-hydrogen) atoms. The molecule has 4 rings (SSSR count). The highest BCUT2D eigenvalue weighted by Gasteiger charge is 2.47. The number of halogens is 3. The monoisotopic (exact) mass is 470 g/mol. The quantitative estimate of drug-likeness (QED) is 0.719. The Morgan fingerprint density at radius 1 is 1.12 bits per heavy atom. The van der Waals surface area contributed by atoms with Gasteiger partial charge in [0.2, 0.25) is 5.75 Å². The molecule has 1 N–H and O–H groups in total. The number of hydrogen-bond acceptors (Lipinski definition) is 7. The van der Waals surface area contributed by atoms with Crippen molar-refractivity contribution in [2.24, 2.45) is 0 Å². The minimum Gasteiger partial charge on any atom is -0.493 e. The molecule has 0 bridgehead atoms. The van der Waals surface area contributed by atoms with Crippen molar-refractivity contribution in [1.29, 1.82) is 0 Å². The zero-order valence-electron chi connectivity index (χ0n) is 18.4. The van der Waals surface area contributed by atoms with Crippen molar-refractivity contribution in [2.75, 3.05) is 52.9 Å². The van der Waals surface area contributed by atoms with E-state index in [1.54, 1.807) is 17.0 Å². The molecule has 2 aromatic rings. The molecule has 0 saturated carbocycles. The Balaban J connectivity index is 1.75. The Morgan fingerprint density at radius 3 is 2.30 bits per heavy atom. The van der Waals surface area contributed by atoms with Crippen LogP contribution in [0.2, 0.25) is 0 Å². The van der Waals surface area contributed by atoms with Crippen molar-refractivity contribution in [3.63, 3.8) is 0 Å². The van der Waals surface area contributed by atoms with Crippen LogP contribution in [-0.2, 0) is 4.74 Å². The van der Waals surface area contributed by atoms with Gasteiger partial charge in [0.15, 0.2) is 17.5 Å². The van der Waals surface area contributed by atoms with E-state index in [-0.39, 0.29) is 17.8 Å². The van der Waals surface area contributed by atoms with E-state index in [2.05, 4.69) is 10.4 Å². The molecule has 1 amide bonds. The number of alkyl halides is 3. The molecule has 0 aliphatic carbocycles. The highest BCUT2D eigenvalue weighted by molar-refractivity contribution is 5.99. The molecule has 1 aromatic carbocycles. The number of anilines is 1. The van der Waals surface area contributed by atoms with Crippen molar-refractivity contribution in [1.82, 2.24) is 14.7 Å². The van der Waals surface area contributed by atoms with Crippen LogP contribution < -0.4 is 19.5 Å². The predicted octanol–water partition coefficient (Wildman–Crippen LogP) is 3.04. The van der Waals surface area contributed by atoms with E-state index in [1.165, 1.54) is 27.5 Å². The maximum absolute atomic E-state index is 14.0. The molecule has 1 aromatic heterocycles. The minimum atomic E-state index is -4.57. The van der Waals surface area contributed by atoms with Crippen molar-refractivity contribution < 1.29 is 36.9 Å². The fraction of sp³-hybridized carbons (Fsp3) is 0.524. The van der Waals surface area contributed by atoms with Crippen LogP contribution in [0.3, 0.4) is 0 Å². The summed E-state index contributed by atoms with van der Waals surface area (Å²) in [4.78, 5) is 14.6. The topological polar surface area (TPSA) is 87.1 Å². The first-order chi connectivity index (χ1) is 15.8. The van der Waals surface area contributed by atoms with Gasteiger partial charge in [-0.2, -0.15) is 18.3 Å². The maximum Gasteiger partial charge on any atom is 0.410 e.